The maximum absolute atomic E-state index is 11.8. The molecule has 7 heteroatoms. The van der Waals surface area contributed by atoms with E-state index in [4.69, 9.17) is 0 Å². The van der Waals surface area contributed by atoms with Crippen molar-refractivity contribution < 1.29 is 18.0 Å². The van der Waals surface area contributed by atoms with Gasteiger partial charge in [0.1, 0.15) is 11.9 Å². The molecule has 0 bridgehead atoms. The molecule has 1 aliphatic rings. The fourth-order valence-electron chi connectivity index (χ4n) is 2.47. The molecule has 1 aromatic carbocycles. The molecule has 114 valence electrons. The van der Waals surface area contributed by atoms with Crippen molar-refractivity contribution in [3.63, 3.8) is 0 Å². The van der Waals surface area contributed by atoms with Gasteiger partial charge in [0, 0.05) is 12.8 Å². The molecule has 0 aliphatic carbocycles. The maximum Gasteiger partial charge on any atom is 0.239 e. The Hall–Kier alpha value is -1.89. The predicted octanol–water partition coefficient (Wildman–Crippen LogP) is 0.152. The second kappa shape index (κ2) is 5.85. The quantitative estimate of drug-likeness (QED) is 0.785. The summed E-state index contributed by atoms with van der Waals surface area (Å²) < 4.78 is 23.2. The summed E-state index contributed by atoms with van der Waals surface area (Å²) in [5.74, 6) is -1.25. The van der Waals surface area contributed by atoms with Gasteiger partial charge in [-0.3, -0.25) is 9.59 Å². The number of rotatable bonds is 5. The normalized spacial score (nSPS) is 21.8. The summed E-state index contributed by atoms with van der Waals surface area (Å²) in [6, 6.07) is 9.35. The lowest BCUT2D eigenvalue weighted by atomic mass is 10.0. The third kappa shape index (κ3) is 3.41. The smallest absolute Gasteiger partial charge is 0.239 e. The molecule has 21 heavy (non-hydrogen) atoms. The maximum atomic E-state index is 11.8. The van der Waals surface area contributed by atoms with Crippen molar-refractivity contribution in [1.82, 2.24) is 10.2 Å². The van der Waals surface area contributed by atoms with Crippen LogP contribution in [-0.4, -0.2) is 43.3 Å². The molecule has 2 atom stereocenters. The molecule has 1 saturated heterocycles. The van der Waals surface area contributed by atoms with Gasteiger partial charge in [-0.1, -0.05) is 37.3 Å². The largest absolute Gasteiger partial charge is 0.350 e. The fourth-order valence-corrected chi connectivity index (χ4v) is 3.97. The topological polar surface area (TPSA) is 83.6 Å². The van der Waals surface area contributed by atoms with Crippen LogP contribution in [-0.2, 0) is 26.0 Å². The zero-order chi connectivity index (χ0) is 15.6. The molecule has 0 saturated carbocycles. The zero-order valence-electron chi connectivity index (χ0n) is 11.9. The number of hydrogen-bond acceptors (Lipinski definition) is 4. The van der Waals surface area contributed by atoms with Crippen LogP contribution in [0.15, 0.2) is 30.3 Å². The van der Waals surface area contributed by atoms with Crippen molar-refractivity contribution in [2.24, 2.45) is 5.92 Å². The van der Waals surface area contributed by atoms with Crippen LogP contribution in [0.3, 0.4) is 0 Å². The number of benzene rings is 1. The molecule has 6 nitrogen and oxygen atoms in total. The highest BCUT2D eigenvalue weighted by Crippen LogP contribution is 2.29. The van der Waals surface area contributed by atoms with Gasteiger partial charge >= 0.3 is 0 Å². The highest BCUT2D eigenvalue weighted by molar-refractivity contribution is 7.91. The zero-order valence-corrected chi connectivity index (χ0v) is 12.8. The Bertz CT molecular complexity index is 642. The number of carbonyl (C=O) groups is 2. The van der Waals surface area contributed by atoms with Crippen molar-refractivity contribution in [2.45, 2.75) is 18.8 Å². The van der Waals surface area contributed by atoms with E-state index in [1.165, 1.54) is 0 Å². The Morgan fingerprint density at radius 2 is 1.90 bits per heavy atom. The summed E-state index contributed by atoms with van der Waals surface area (Å²) in [4.78, 5) is 24.7. The second-order valence-electron chi connectivity index (χ2n) is 5.24. The van der Waals surface area contributed by atoms with Gasteiger partial charge in [-0.15, -0.1) is 0 Å². The number of likely N-dealkylation sites (tertiary alicyclic amines) is 1. The number of sulfone groups is 1. The van der Waals surface area contributed by atoms with Crippen molar-refractivity contribution in [2.75, 3.05) is 12.8 Å². The molecule has 0 spiro atoms. The lowest BCUT2D eigenvalue weighted by Crippen LogP contribution is -2.64. The van der Waals surface area contributed by atoms with Gasteiger partial charge in [0.2, 0.25) is 11.8 Å². The molecular formula is C14H18N2O4S. The van der Waals surface area contributed by atoms with Gasteiger partial charge in [-0.2, -0.15) is 0 Å². The third-order valence-electron chi connectivity index (χ3n) is 3.49. The summed E-state index contributed by atoms with van der Waals surface area (Å²) in [6.07, 6.45) is 1.08. The predicted molar refractivity (Wildman–Crippen MR) is 77.8 cm³/mol. The minimum atomic E-state index is -3.38. The third-order valence-corrected chi connectivity index (χ3v) is 5.03. The molecule has 2 amide bonds. The van der Waals surface area contributed by atoms with Crippen LogP contribution in [0, 0.1) is 5.92 Å². The summed E-state index contributed by atoms with van der Waals surface area (Å²) in [6.45, 7) is 1.68. The van der Waals surface area contributed by atoms with Crippen LogP contribution < -0.4 is 5.32 Å². The van der Waals surface area contributed by atoms with E-state index in [2.05, 4.69) is 5.32 Å². The Kier molecular flexibility index (Phi) is 4.32. The Morgan fingerprint density at radius 1 is 1.29 bits per heavy atom. The van der Waals surface area contributed by atoms with Crippen molar-refractivity contribution in [3.8, 4) is 0 Å². The van der Waals surface area contributed by atoms with Crippen LogP contribution in [0.4, 0.5) is 0 Å². The summed E-state index contributed by atoms with van der Waals surface area (Å²) >= 11 is 0. The minimum absolute atomic E-state index is 0.228. The van der Waals surface area contributed by atoms with E-state index in [9.17, 15) is 18.0 Å². The average Bonchev–Trinajstić information content (AvgIpc) is 2.44. The summed E-state index contributed by atoms with van der Waals surface area (Å²) in [5.41, 5.74) is 0.939. The number of nitrogens with zero attached hydrogens (tertiary/aromatic N) is 1. The van der Waals surface area contributed by atoms with Crippen molar-refractivity contribution in [1.29, 1.82) is 0 Å². The van der Waals surface area contributed by atoms with Gasteiger partial charge in [0.05, 0.1) is 5.92 Å². The Labute approximate surface area is 124 Å². The summed E-state index contributed by atoms with van der Waals surface area (Å²) in [5, 5.41) is 1.78. The average molecular weight is 310 g/mol. The Balaban J connectivity index is 1.92. The lowest BCUT2D eigenvalue weighted by molar-refractivity contribution is -0.152. The van der Waals surface area contributed by atoms with Crippen LogP contribution in [0.1, 0.15) is 12.5 Å². The van der Waals surface area contributed by atoms with Crippen LogP contribution >= 0.6 is 0 Å². The first-order valence-electron chi connectivity index (χ1n) is 6.60. The first-order valence-corrected chi connectivity index (χ1v) is 8.56. The molecular weight excluding hydrogens is 292 g/mol. The first kappa shape index (κ1) is 15.5. The number of nitrogens with one attached hydrogen (secondary N) is 1. The highest BCUT2D eigenvalue weighted by atomic mass is 32.2. The van der Waals surface area contributed by atoms with Crippen LogP contribution in [0.2, 0.25) is 0 Å². The van der Waals surface area contributed by atoms with E-state index >= 15 is 0 Å². The molecule has 2 rings (SSSR count). The molecule has 0 radical (unpaired) electrons. The SMILES string of the molecule is CC1C(=O)N(CC(=O)NCc2ccccc2)C1S(C)(=O)=O. The first-order chi connectivity index (χ1) is 9.80. The van der Waals surface area contributed by atoms with Crippen LogP contribution in [0.25, 0.3) is 0 Å². The van der Waals surface area contributed by atoms with E-state index in [0.717, 1.165) is 16.7 Å². The van der Waals surface area contributed by atoms with Crippen LogP contribution in [0.5, 0.6) is 0 Å². The second-order valence-corrected chi connectivity index (χ2v) is 7.38. The molecule has 1 N–H and O–H groups in total. The van der Waals surface area contributed by atoms with Crippen molar-refractivity contribution in [3.05, 3.63) is 35.9 Å². The molecule has 2 unspecified atom stereocenters. The van der Waals surface area contributed by atoms with Gasteiger partial charge in [-0.05, 0) is 5.56 Å². The number of β-lactam (4-membered cyclic amide) rings is 1. The van der Waals surface area contributed by atoms with Gasteiger partial charge < -0.3 is 10.2 Å². The standard InChI is InChI=1S/C14H18N2O4S/c1-10-13(18)16(14(10)21(2,19)20)9-12(17)15-8-11-6-4-3-5-7-11/h3-7,10,14H,8-9H2,1-2H3,(H,15,17). The number of hydrogen-bond donors (Lipinski definition) is 1. The van der Waals surface area contributed by atoms with E-state index in [0.29, 0.717) is 6.54 Å². The molecule has 1 aliphatic heterocycles. The Morgan fingerprint density at radius 3 is 2.48 bits per heavy atom. The molecule has 1 aromatic rings. The number of amides is 2. The summed E-state index contributed by atoms with van der Waals surface area (Å²) in [7, 11) is -3.38. The van der Waals surface area contributed by atoms with E-state index < -0.39 is 21.1 Å². The highest BCUT2D eigenvalue weighted by Gasteiger charge is 2.50. The fraction of sp³-hybridized carbons (Fsp3) is 0.429. The molecule has 1 heterocycles. The monoisotopic (exact) mass is 310 g/mol. The molecule has 1 fully saturated rings. The van der Waals surface area contributed by atoms with E-state index in [1.54, 1.807) is 6.92 Å². The van der Waals surface area contributed by atoms with Crippen molar-refractivity contribution >= 4 is 21.7 Å². The minimum Gasteiger partial charge on any atom is -0.350 e. The van der Waals surface area contributed by atoms with Gasteiger partial charge in [-0.25, -0.2) is 8.42 Å². The molecule has 0 aromatic heterocycles. The van der Waals surface area contributed by atoms with Gasteiger partial charge in [0.15, 0.2) is 9.84 Å². The van der Waals surface area contributed by atoms with Gasteiger partial charge in [0.25, 0.3) is 0 Å². The van der Waals surface area contributed by atoms with E-state index in [1.807, 2.05) is 30.3 Å². The van der Waals surface area contributed by atoms with E-state index in [-0.39, 0.29) is 18.4 Å². The number of carbonyl (C=O) groups excluding carboxylic acids is 2. The lowest BCUT2D eigenvalue weighted by Gasteiger charge is -2.43.